The van der Waals surface area contributed by atoms with E-state index in [4.69, 9.17) is 5.73 Å². The van der Waals surface area contributed by atoms with Gasteiger partial charge in [0.05, 0.1) is 22.2 Å². The van der Waals surface area contributed by atoms with Gasteiger partial charge in [-0.15, -0.1) is 0 Å². The van der Waals surface area contributed by atoms with E-state index < -0.39 is 10.7 Å². The van der Waals surface area contributed by atoms with Gasteiger partial charge >= 0.3 is 0 Å². The van der Waals surface area contributed by atoms with E-state index >= 15 is 0 Å². The fraction of sp³-hybridized carbons (Fsp3) is 0. The molecule has 1 aromatic heterocycles. The molecular formula is C9H7FN4O2. The van der Waals surface area contributed by atoms with Crippen molar-refractivity contribution in [3.05, 3.63) is 40.2 Å². The summed E-state index contributed by atoms with van der Waals surface area (Å²) < 4.78 is 12.9. The van der Waals surface area contributed by atoms with E-state index in [1.54, 1.807) is 0 Å². The van der Waals surface area contributed by atoms with E-state index in [2.05, 4.69) is 10.2 Å². The summed E-state index contributed by atoms with van der Waals surface area (Å²) in [5, 5.41) is 16.9. The molecule has 0 spiro atoms. The minimum Gasteiger partial charge on any atom is -0.382 e. The first-order chi connectivity index (χ1) is 7.58. The number of H-pyrrole nitrogens is 1. The third-order valence-corrected chi connectivity index (χ3v) is 2.04. The molecule has 0 radical (unpaired) electrons. The van der Waals surface area contributed by atoms with Crippen LogP contribution < -0.4 is 5.73 Å². The molecule has 7 heteroatoms. The summed E-state index contributed by atoms with van der Waals surface area (Å²) in [6, 6.07) is 4.74. The Balaban J connectivity index is 2.60. The molecule has 0 aliphatic heterocycles. The van der Waals surface area contributed by atoms with Gasteiger partial charge in [0.2, 0.25) is 0 Å². The molecule has 0 saturated carbocycles. The molecule has 2 rings (SSSR count). The van der Waals surface area contributed by atoms with Crippen LogP contribution in [0.2, 0.25) is 0 Å². The van der Waals surface area contributed by atoms with Crippen LogP contribution in [0.25, 0.3) is 11.3 Å². The summed E-state index contributed by atoms with van der Waals surface area (Å²) in [6.07, 6.45) is 0. The first-order valence-corrected chi connectivity index (χ1v) is 4.33. The molecule has 2 aromatic rings. The van der Waals surface area contributed by atoms with Gasteiger partial charge in [-0.25, -0.2) is 4.39 Å². The molecule has 3 N–H and O–H groups in total. The van der Waals surface area contributed by atoms with Gasteiger partial charge in [-0.2, -0.15) is 5.10 Å². The Hall–Kier alpha value is -2.44. The zero-order valence-corrected chi connectivity index (χ0v) is 7.98. The molecule has 82 valence electrons. The Kier molecular flexibility index (Phi) is 2.28. The van der Waals surface area contributed by atoms with Gasteiger partial charge in [0.1, 0.15) is 11.6 Å². The summed E-state index contributed by atoms with van der Waals surface area (Å²) in [7, 11) is 0. The molecule has 0 bridgehead atoms. The quantitative estimate of drug-likeness (QED) is 0.596. The normalized spacial score (nSPS) is 10.3. The smallest absolute Gasteiger partial charge is 0.281 e. The summed E-state index contributed by atoms with van der Waals surface area (Å²) >= 11 is 0. The van der Waals surface area contributed by atoms with Gasteiger partial charge in [0.25, 0.3) is 5.69 Å². The number of aromatic nitrogens is 2. The number of anilines is 1. The Bertz CT molecular complexity index is 552. The van der Waals surface area contributed by atoms with Gasteiger partial charge in [0.15, 0.2) is 0 Å². The number of nitro benzene ring substituents is 1. The molecule has 1 heterocycles. The Morgan fingerprint density at radius 3 is 2.75 bits per heavy atom. The summed E-state index contributed by atoms with van der Waals surface area (Å²) in [5.74, 6) is -0.448. The minimum atomic E-state index is -0.664. The second-order valence-electron chi connectivity index (χ2n) is 3.13. The van der Waals surface area contributed by atoms with E-state index in [0.29, 0.717) is 5.69 Å². The highest BCUT2D eigenvalue weighted by atomic mass is 19.1. The Morgan fingerprint density at radius 1 is 1.44 bits per heavy atom. The van der Waals surface area contributed by atoms with Crippen molar-refractivity contribution in [1.29, 1.82) is 0 Å². The highest BCUT2D eigenvalue weighted by Crippen LogP contribution is 2.29. The molecule has 0 aliphatic carbocycles. The highest BCUT2D eigenvalue weighted by molar-refractivity contribution is 5.71. The van der Waals surface area contributed by atoms with Crippen molar-refractivity contribution in [2.45, 2.75) is 0 Å². The number of hydrogen-bond acceptors (Lipinski definition) is 4. The van der Waals surface area contributed by atoms with Crippen molar-refractivity contribution in [2.75, 3.05) is 5.73 Å². The zero-order chi connectivity index (χ0) is 11.7. The van der Waals surface area contributed by atoms with Crippen molar-refractivity contribution in [3.8, 4) is 11.3 Å². The SMILES string of the molecule is Nc1cc(-c2ccc(F)cc2[N+](=O)[O-])[nH]n1. The van der Waals surface area contributed by atoms with E-state index in [1.807, 2.05) is 0 Å². The lowest BCUT2D eigenvalue weighted by molar-refractivity contribution is -0.384. The topological polar surface area (TPSA) is 97.8 Å². The largest absolute Gasteiger partial charge is 0.382 e. The van der Waals surface area contributed by atoms with Crippen molar-refractivity contribution in [2.24, 2.45) is 0 Å². The van der Waals surface area contributed by atoms with Crippen LogP contribution in [-0.4, -0.2) is 15.1 Å². The van der Waals surface area contributed by atoms with Crippen molar-refractivity contribution in [3.63, 3.8) is 0 Å². The molecule has 0 fully saturated rings. The number of aromatic amines is 1. The lowest BCUT2D eigenvalue weighted by Crippen LogP contribution is -1.93. The number of nitrogens with zero attached hydrogens (tertiary/aromatic N) is 2. The molecule has 0 atom stereocenters. The molecule has 16 heavy (non-hydrogen) atoms. The maximum atomic E-state index is 12.9. The molecule has 0 aliphatic rings. The van der Waals surface area contributed by atoms with E-state index in [1.165, 1.54) is 12.1 Å². The van der Waals surface area contributed by atoms with Crippen LogP contribution >= 0.6 is 0 Å². The predicted octanol–water partition coefficient (Wildman–Crippen LogP) is 1.71. The number of nitrogens with two attached hydrogens (primary N) is 1. The second-order valence-corrected chi connectivity index (χ2v) is 3.13. The van der Waals surface area contributed by atoms with Crippen LogP contribution in [0.1, 0.15) is 0 Å². The first kappa shape index (κ1) is 10.1. The number of hydrogen-bond donors (Lipinski definition) is 2. The van der Waals surface area contributed by atoms with Crippen LogP contribution in [0.15, 0.2) is 24.3 Å². The average molecular weight is 222 g/mol. The molecular weight excluding hydrogens is 215 g/mol. The summed E-state index contributed by atoms with van der Waals surface area (Å²) in [5.41, 5.74) is 5.68. The van der Waals surface area contributed by atoms with Crippen molar-refractivity contribution >= 4 is 11.5 Å². The average Bonchev–Trinajstić information content (AvgIpc) is 2.64. The van der Waals surface area contributed by atoms with E-state index in [-0.39, 0.29) is 17.1 Å². The van der Waals surface area contributed by atoms with Gasteiger partial charge in [-0.3, -0.25) is 15.2 Å². The van der Waals surface area contributed by atoms with Gasteiger partial charge in [-0.1, -0.05) is 0 Å². The van der Waals surface area contributed by atoms with Crippen LogP contribution in [0.5, 0.6) is 0 Å². The second kappa shape index (κ2) is 3.61. The molecule has 0 unspecified atom stereocenters. The van der Waals surface area contributed by atoms with Gasteiger partial charge in [-0.05, 0) is 12.1 Å². The van der Waals surface area contributed by atoms with Crippen LogP contribution in [0, 0.1) is 15.9 Å². The fourth-order valence-corrected chi connectivity index (χ4v) is 1.36. The number of nitrogens with one attached hydrogen (secondary N) is 1. The standard InChI is InChI=1S/C9H7FN4O2/c10-5-1-2-6(8(3-5)14(15)16)7-4-9(11)13-12-7/h1-4H,(H3,11,12,13). The van der Waals surface area contributed by atoms with Crippen molar-refractivity contribution in [1.82, 2.24) is 10.2 Å². The van der Waals surface area contributed by atoms with E-state index in [0.717, 1.165) is 12.1 Å². The fourth-order valence-electron chi connectivity index (χ4n) is 1.36. The molecule has 6 nitrogen and oxygen atoms in total. The van der Waals surface area contributed by atoms with Crippen LogP contribution in [0.3, 0.4) is 0 Å². The monoisotopic (exact) mass is 222 g/mol. The number of rotatable bonds is 2. The maximum Gasteiger partial charge on any atom is 0.281 e. The molecule has 0 amide bonds. The van der Waals surface area contributed by atoms with Crippen LogP contribution in [0.4, 0.5) is 15.9 Å². The Labute approximate surface area is 89.0 Å². The Morgan fingerprint density at radius 2 is 2.19 bits per heavy atom. The number of benzene rings is 1. The third-order valence-electron chi connectivity index (χ3n) is 2.04. The summed E-state index contributed by atoms with van der Waals surface area (Å²) in [6.45, 7) is 0. The predicted molar refractivity (Wildman–Crippen MR) is 55.0 cm³/mol. The number of nitro groups is 1. The van der Waals surface area contributed by atoms with Crippen molar-refractivity contribution < 1.29 is 9.31 Å². The van der Waals surface area contributed by atoms with E-state index in [9.17, 15) is 14.5 Å². The molecule has 0 saturated heterocycles. The lowest BCUT2D eigenvalue weighted by Gasteiger charge is -1.99. The number of halogens is 1. The minimum absolute atomic E-state index is 0.216. The number of nitrogen functional groups attached to an aromatic ring is 1. The zero-order valence-electron chi connectivity index (χ0n) is 7.98. The molecule has 1 aromatic carbocycles. The van der Waals surface area contributed by atoms with Gasteiger partial charge in [0, 0.05) is 6.07 Å². The maximum absolute atomic E-state index is 12.9. The third kappa shape index (κ3) is 1.70. The van der Waals surface area contributed by atoms with Gasteiger partial charge < -0.3 is 5.73 Å². The first-order valence-electron chi connectivity index (χ1n) is 4.33. The van der Waals surface area contributed by atoms with Crippen LogP contribution in [-0.2, 0) is 0 Å². The summed E-state index contributed by atoms with van der Waals surface area (Å²) in [4.78, 5) is 10.1. The highest BCUT2D eigenvalue weighted by Gasteiger charge is 2.17. The lowest BCUT2D eigenvalue weighted by atomic mass is 10.1.